The van der Waals surface area contributed by atoms with E-state index < -0.39 is 0 Å². The lowest BCUT2D eigenvalue weighted by Gasteiger charge is -2.17. The third-order valence-electron chi connectivity index (χ3n) is 4.37. The van der Waals surface area contributed by atoms with Gasteiger partial charge in [0.15, 0.2) is 18.3 Å². The van der Waals surface area contributed by atoms with E-state index >= 15 is 0 Å². The fourth-order valence-corrected chi connectivity index (χ4v) is 3.06. The molecule has 0 saturated carbocycles. The fraction of sp³-hybridized carbons (Fsp3) is 0.409. The van der Waals surface area contributed by atoms with Crippen molar-refractivity contribution in [2.24, 2.45) is 0 Å². The molecule has 0 unspecified atom stereocenters. The second kappa shape index (κ2) is 9.97. The van der Waals surface area contributed by atoms with E-state index in [9.17, 15) is 4.79 Å². The maximum absolute atomic E-state index is 12.2. The summed E-state index contributed by atoms with van der Waals surface area (Å²) in [5, 5.41) is 1.97. The van der Waals surface area contributed by atoms with Crippen molar-refractivity contribution >= 4 is 22.8 Å². The van der Waals surface area contributed by atoms with E-state index in [1.807, 2.05) is 31.2 Å². The molecule has 0 aliphatic rings. The summed E-state index contributed by atoms with van der Waals surface area (Å²) in [6.07, 6.45) is 3.30. The lowest BCUT2D eigenvalue weighted by molar-refractivity contribution is -0.138. The highest BCUT2D eigenvalue weighted by atomic mass is 16.7. The number of ether oxygens (including phenoxy) is 4. The zero-order valence-corrected chi connectivity index (χ0v) is 16.8. The van der Waals surface area contributed by atoms with Gasteiger partial charge in [-0.15, -0.1) is 0 Å². The van der Waals surface area contributed by atoms with E-state index in [4.69, 9.17) is 18.9 Å². The first-order valence-electron chi connectivity index (χ1n) is 9.23. The predicted octanol–water partition coefficient (Wildman–Crippen LogP) is 4.75. The van der Waals surface area contributed by atoms with Crippen molar-refractivity contribution in [3.63, 3.8) is 0 Å². The molecule has 5 heteroatoms. The molecule has 2 aromatic carbocycles. The number of methoxy groups -OCH3 is 2. The molecule has 0 amide bonds. The molecule has 2 rings (SSSR count). The molecule has 0 spiro atoms. The molecular weight excluding hydrogens is 344 g/mol. The highest BCUT2D eigenvalue weighted by Crippen LogP contribution is 2.41. The van der Waals surface area contributed by atoms with Gasteiger partial charge in [0.25, 0.3) is 0 Å². The van der Waals surface area contributed by atoms with Crippen LogP contribution in [0.4, 0.5) is 0 Å². The summed E-state index contributed by atoms with van der Waals surface area (Å²) in [6, 6.07) is 8.00. The Morgan fingerprint density at radius 1 is 1.15 bits per heavy atom. The SMILES string of the molecule is CCOC(=O)/C(=C\c1cc(OC)c(OCOC)c2c(CC)cccc12)CC. The van der Waals surface area contributed by atoms with Crippen molar-refractivity contribution in [1.29, 1.82) is 0 Å². The maximum Gasteiger partial charge on any atom is 0.333 e. The quantitative estimate of drug-likeness (QED) is 0.361. The third kappa shape index (κ3) is 4.61. The molecule has 0 aliphatic heterocycles. The molecule has 0 radical (unpaired) electrons. The second-order valence-electron chi connectivity index (χ2n) is 5.98. The predicted molar refractivity (Wildman–Crippen MR) is 107 cm³/mol. The van der Waals surface area contributed by atoms with Crippen LogP contribution >= 0.6 is 0 Å². The molecule has 27 heavy (non-hydrogen) atoms. The second-order valence-corrected chi connectivity index (χ2v) is 5.98. The minimum Gasteiger partial charge on any atom is -0.493 e. The Hall–Kier alpha value is -2.53. The van der Waals surface area contributed by atoms with Crippen LogP contribution in [0.5, 0.6) is 11.5 Å². The van der Waals surface area contributed by atoms with Crippen molar-refractivity contribution < 1.29 is 23.7 Å². The number of fused-ring (bicyclic) bond motifs is 1. The summed E-state index contributed by atoms with van der Waals surface area (Å²) in [6.45, 7) is 6.32. The van der Waals surface area contributed by atoms with Gasteiger partial charge in [-0.25, -0.2) is 4.79 Å². The number of hydrogen-bond donors (Lipinski definition) is 0. The summed E-state index contributed by atoms with van der Waals surface area (Å²) in [5.74, 6) is 0.961. The lowest BCUT2D eigenvalue weighted by atomic mass is 9.95. The Kier molecular flexibility index (Phi) is 7.67. The highest BCUT2D eigenvalue weighted by molar-refractivity contribution is 6.02. The molecule has 0 fully saturated rings. The number of carbonyl (C=O) groups is 1. The largest absolute Gasteiger partial charge is 0.493 e. The maximum atomic E-state index is 12.2. The third-order valence-corrected chi connectivity index (χ3v) is 4.37. The zero-order valence-electron chi connectivity index (χ0n) is 16.8. The lowest BCUT2D eigenvalue weighted by Crippen LogP contribution is -2.07. The van der Waals surface area contributed by atoms with Crippen molar-refractivity contribution in [2.45, 2.75) is 33.6 Å². The topological polar surface area (TPSA) is 54.0 Å². The van der Waals surface area contributed by atoms with Gasteiger partial charge in [-0.2, -0.15) is 0 Å². The molecule has 146 valence electrons. The molecule has 2 aromatic rings. The summed E-state index contributed by atoms with van der Waals surface area (Å²) in [5.41, 5.74) is 2.65. The van der Waals surface area contributed by atoms with E-state index in [0.717, 1.165) is 28.3 Å². The van der Waals surface area contributed by atoms with Crippen LogP contribution in [0.3, 0.4) is 0 Å². The van der Waals surface area contributed by atoms with Crippen molar-refractivity contribution in [1.82, 2.24) is 0 Å². The Bertz CT molecular complexity index is 823. The molecule has 0 saturated heterocycles. The first kappa shape index (κ1) is 20.8. The number of esters is 1. The summed E-state index contributed by atoms with van der Waals surface area (Å²) >= 11 is 0. The number of hydrogen-bond acceptors (Lipinski definition) is 5. The minimum absolute atomic E-state index is 0.127. The number of benzene rings is 2. The molecule has 0 bridgehead atoms. The molecule has 5 nitrogen and oxygen atoms in total. The zero-order chi connectivity index (χ0) is 19.8. The van der Waals surface area contributed by atoms with Gasteiger partial charge in [-0.05, 0) is 48.4 Å². The van der Waals surface area contributed by atoms with Gasteiger partial charge in [-0.1, -0.05) is 32.0 Å². The first-order valence-corrected chi connectivity index (χ1v) is 9.23. The van der Waals surface area contributed by atoms with Crippen molar-refractivity contribution in [3.05, 3.63) is 41.0 Å². The summed E-state index contributed by atoms with van der Waals surface area (Å²) in [7, 11) is 3.19. The van der Waals surface area contributed by atoms with Crippen LogP contribution in [-0.4, -0.2) is 33.6 Å². The molecule has 0 aliphatic carbocycles. The standard InChI is InChI=1S/C22H28O5/c1-6-15-10-9-11-18-17(12-16(7-2)22(23)26-8-3)13-19(25-5)21(20(15)18)27-14-24-4/h9-13H,6-8,14H2,1-5H3/b16-12-. The molecular formula is C22H28O5. The van der Waals surface area contributed by atoms with E-state index in [0.29, 0.717) is 30.1 Å². The number of aryl methyl sites for hydroxylation is 1. The Labute approximate surface area is 160 Å². The van der Waals surface area contributed by atoms with Crippen LogP contribution in [0.15, 0.2) is 29.8 Å². The van der Waals surface area contributed by atoms with Gasteiger partial charge in [-0.3, -0.25) is 0 Å². The van der Waals surface area contributed by atoms with E-state index in [2.05, 4.69) is 13.0 Å². The van der Waals surface area contributed by atoms with Crippen LogP contribution in [0.2, 0.25) is 0 Å². The Balaban J connectivity index is 2.76. The molecule has 0 heterocycles. The molecule has 0 atom stereocenters. The Morgan fingerprint density at radius 3 is 2.52 bits per heavy atom. The van der Waals surface area contributed by atoms with Crippen LogP contribution in [-0.2, 0) is 20.7 Å². The van der Waals surface area contributed by atoms with Crippen molar-refractivity contribution in [3.8, 4) is 11.5 Å². The van der Waals surface area contributed by atoms with Crippen LogP contribution < -0.4 is 9.47 Å². The normalized spacial score (nSPS) is 11.5. The van der Waals surface area contributed by atoms with Gasteiger partial charge >= 0.3 is 5.97 Å². The van der Waals surface area contributed by atoms with E-state index in [1.165, 1.54) is 0 Å². The smallest absolute Gasteiger partial charge is 0.333 e. The van der Waals surface area contributed by atoms with Crippen LogP contribution in [0, 0.1) is 0 Å². The number of rotatable bonds is 9. The van der Waals surface area contributed by atoms with Crippen LogP contribution in [0.25, 0.3) is 16.8 Å². The number of carbonyl (C=O) groups excluding carboxylic acids is 1. The monoisotopic (exact) mass is 372 g/mol. The average molecular weight is 372 g/mol. The van der Waals surface area contributed by atoms with E-state index in [1.54, 1.807) is 21.1 Å². The average Bonchev–Trinajstić information content (AvgIpc) is 2.69. The molecule has 0 aromatic heterocycles. The Morgan fingerprint density at radius 2 is 1.93 bits per heavy atom. The van der Waals surface area contributed by atoms with Gasteiger partial charge in [0, 0.05) is 18.1 Å². The summed E-state index contributed by atoms with van der Waals surface area (Å²) < 4.78 is 21.7. The fourth-order valence-electron chi connectivity index (χ4n) is 3.06. The van der Waals surface area contributed by atoms with Gasteiger partial charge in [0.2, 0.25) is 0 Å². The van der Waals surface area contributed by atoms with Crippen molar-refractivity contribution in [2.75, 3.05) is 27.6 Å². The van der Waals surface area contributed by atoms with Gasteiger partial charge in [0.1, 0.15) is 0 Å². The summed E-state index contributed by atoms with van der Waals surface area (Å²) in [4.78, 5) is 12.2. The highest BCUT2D eigenvalue weighted by Gasteiger charge is 2.17. The van der Waals surface area contributed by atoms with Gasteiger partial charge in [0.05, 0.1) is 13.7 Å². The van der Waals surface area contributed by atoms with E-state index in [-0.39, 0.29) is 12.8 Å². The van der Waals surface area contributed by atoms with Crippen LogP contribution in [0.1, 0.15) is 38.3 Å². The minimum atomic E-state index is -0.293. The first-order chi connectivity index (χ1) is 13.1. The van der Waals surface area contributed by atoms with Gasteiger partial charge < -0.3 is 18.9 Å². The molecule has 0 N–H and O–H groups in total.